The number of nitrogens with one attached hydrogen (secondary N) is 2. The molecule has 0 aliphatic carbocycles. The van der Waals surface area contributed by atoms with Crippen molar-refractivity contribution in [3.05, 3.63) is 23.7 Å². The molecule has 0 aliphatic heterocycles. The number of amidine groups is 1. The van der Waals surface area contributed by atoms with E-state index in [1.54, 1.807) is 7.05 Å². The fourth-order valence-corrected chi connectivity index (χ4v) is 1.61. The van der Waals surface area contributed by atoms with E-state index < -0.39 is 0 Å². The number of hydrogen-bond acceptors (Lipinski definition) is 3. The van der Waals surface area contributed by atoms with Gasteiger partial charge in [0.2, 0.25) is 0 Å². The molecule has 2 rings (SSSR count). The molecule has 0 radical (unpaired) electrons. The topological polar surface area (TPSA) is 66.0 Å². The Morgan fingerprint density at radius 2 is 2.35 bits per heavy atom. The summed E-state index contributed by atoms with van der Waals surface area (Å²) in [4.78, 5) is 16.0. The molecule has 90 valence electrons. The Morgan fingerprint density at radius 1 is 1.53 bits per heavy atom. The van der Waals surface area contributed by atoms with Gasteiger partial charge in [0.05, 0.1) is 11.4 Å². The van der Waals surface area contributed by atoms with E-state index in [1.807, 2.05) is 20.0 Å². The molecule has 0 spiro atoms. The Morgan fingerprint density at radius 3 is 3.12 bits per heavy atom. The van der Waals surface area contributed by atoms with E-state index >= 15 is 0 Å². The summed E-state index contributed by atoms with van der Waals surface area (Å²) >= 11 is 0. The lowest BCUT2D eigenvalue weighted by molar-refractivity contribution is 0.822. The van der Waals surface area contributed by atoms with Gasteiger partial charge in [-0.25, -0.2) is 9.97 Å². The lowest BCUT2D eigenvalue weighted by atomic mass is 10.3. The molecule has 0 amide bonds. The smallest absolute Gasteiger partial charge is 0.177 e. The first-order valence-electron chi connectivity index (χ1n) is 5.67. The molecule has 0 unspecified atom stereocenters. The maximum Gasteiger partial charge on any atom is 0.177 e. The second kappa shape index (κ2) is 4.95. The third-order valence-corrected chi connectivity index (χ3v) is 2.60. The second-order valence-corrected chi connectivity index (χ2v) is 4.05. The molecule has 0 aliphatic rings. The van der Waals surface area contributed by atoms with E-state index in [-0.39, 0.29) is 0 Å². The van der Waals surface area contributed by atoms with Crippen LogP contribution < -0.4 is 5.32 Å². The summed E-state index contributed by atoms with van der Waals surface area (Å²) in [5.41, 5.74) is 2.92. The second-order valence-electron chi connectivity index (χ2n) is 4.05. The van der Waals surface area contributed by atoms with E-state index in [9.17, 15) is 0 Å². The first kappa shape index (κ1) is 11.6. The molecule has 2 aromatic rings. The molecule has 0 fully saturated rings. The van der Waals surface area contributed by atoms with Crippen molar-refractivity contribution in [2.24, 2.45) is 4.99 Å². The van der Waals surface area contributed by atoms with Crippen LogP contribution in [0.3, 0.4) is 0 Å². The highest BCUT2D eigenvalue weighted by atomic mass is 15.0. The number of aromatic nitrogens is 3. The van der Waals surface area contributed by atoms with Crippen LogP contribution in [0.5, 0.6) is 0 Å². The molecular weight excluding hydrogens is 214 g/mol. The van der Waals surface area contributed by atoms with Crippen LogP contribution in [-0.2, 0) is 6.42 Å². The fraction of sp³-hybridized carbons (Fsp3) is 0.417. The number of fused-ring (bicyclic) bond motifs is 1. The summed E-state index contributed by atoms with van der Waals surface area (Å²) in [6, 6.07) is 2.06. The Hall–Kier alpha value is -1.91. The van der Waals surface area contributed by atoms with Gasteiger partial charge in [-0.3, -0.25) is 4.99 Å². The zero-order valence-electron chi connectivity index (χ0n) is 10.4. The molecule has 2 aromatic heterocycles. The third-order valence-electron chi connectivity index (χ3n) is 2.60. The van der Waals surface area contributed by atoms with Crippen molar-refractivity contribution < 1.29 is 0 Å². The van der Waals surface area contributed by atoms with Crippen molar-refractivity contribution in [1.82, 2.24) is 20.3 Å². The summed E-state index contributed by atoms with van der Waals surface area (Å²) in [6.07, 6.45) is 2.67. The van der Waals surface area contributed by atoms with Crippen LogP contribution in [0.1, 0.15) is 18.3 Å². The zero-order chi connectivity index (χ0) is 12.3. The van der Waals surface area contributed by atoms with Crippen molar-refractivity contribution >= 4 is 17.0 Å². The van der Waals surface area contributed by atoms with Gasteiger partial charge in [0, 0.05) is 26.2 Å². The average Bonchev–Trinajstić information content (AvgIpc) is 2.70. The van der Waals surface area contributed by atoms with E-state index in [2.05, 4.69) is 31.3 Å². The Bertz CT molecular complexity index is 541. The Labute approximate surface area is 100 Å². The summed E-state index contributed by atoms with van der Waals surface area (Å²) in [7, 11) is 1.77. The molecule has 0 bridgehead atoms. The normalized spacial score (nSPS) is 12.1. The standard InChI is InChI=1S/C12H17N5/c1-8-6-10-12(15-7-8)17-11(16-10)4-5-14-9(2)13-3/h6-7H,4-5H2,1-3H3,(H,13,14)(H,15,16,17). The van der Waals surface area contributed by atoms with Crippen LogP contribution in [0.25, 0.3) is 11.2 Å². The molecule has 5 heteroatoms. The highest BCUT2D eigenvalue weighted by Gasteiger charge is 2.03. The molecule has 0 atom stereocenters. The predicted octanol–water partition coefficient (Wildman–Crippen LogP) is 1.45. The molecular formula is C12H17N5. The maximum atomic E-state index is 4.43. The number of hydrogen-bond donors (Lipinski definition) is 2. The van der Waals surface area contributed by atoms with Gasteiger partial charge in [-0.1, -0.05) is 0 Å². The SMILES string of the molecule is CN=C(C)NCCc1nc2ncc(C)cc2[nH]1. The number of H-pyrrole nitrogens is 1. The van der Waals surface area contributed by atoms with Crippen LogP contribution in [0.4, 0.5) is 0 Å². The van der Waals surface area contributed by atoms with E-state index in [0.29, 0.717) is 0 Å². The van der Waals surface area contributed by atoms with Gasteiger partial charge in [0.15, 0.2) is 5.65 Å². The first-order valence-corrected chi connectivity index (χ1v) is 5.67. The van der Waals surface area contributed by atoms with Gasteiger partial charge < -0.3 is 10.3 Å². The van der Waals surface area contributed by atoms with Gasteiger partial charge in [-0.05, 0) is 25.5 Å². The minimum atomic E-state index is 0.784. The molecule has 5 nitrogen and oxygen atoms in total. The van der Waals surface area contributed by atoms with Crippen LogP contribution >= 0.6 is 0 Å². The average molecular weight is 231 g/mol. The van der Waals surface area contributed by atoms with Crippen molar-refractivity contribution in [3.63, 3.8) is 0 Å². The van der Waals surface area contributed by atoms with Crippen LogP contribution in [0, 0.1) is 6.92 Å². The van der Waals surface area contributed by atoms with Crippen molar-refractivity contribution in [3.8, 4) is 0 Å². The predicted molar refractivity (Wildman–Crippen MR) is 69.4 cm³/mol. The number of aryl methyl sites for hydroxylation is 1. The Balaban J connectivity index is 2.04. The summed E-state index contributed by atoms with van der Waals surface area (Å²) < 4.78 is 0. The highest BCUT2D eigenvalue weighted by Crippen LogP contribution is 2.10. The molecule has 2 heterocycles. The molecule has 0 saturated carbocycles. The van der Waals surface area contributed by atoms with Gasteiger partial charge >= 0.3 is 0 Å². The lowest BCUT2D eigenvalue weighted by Gasteiger charge is -2.02. The van der Waals surface area contributed by atoms with Gasteiger partial charge in [-0.2, -0.15) is 0 Å². The number of aliphatic imine (C=N–C) groups is 1. The molecule has 17 heavy (non-hydrogen) atoms. The summed E-state index contributed by atoms with van der Waals surface area (Å²) in [5, 5.41) is 3.21. The summed E-state index contributed by atoms with van der Waals surface area (Å²) in [6.45, 7) is 4.79. The quantitative estimate of drug-likeness (QED) is 0.620. The van der Waals surface area contributed by atoms with Gasteiger partial charge in [0.25, 0.3) is 0 Å². The number of aromatic amines is 1. The van der Waals surface area contributed by atoms with Crippen molar-refractivity contribution in [2.45, 2.75) is 20.3 Å². The van der Waals surface area contributed by atoms with Crippen molar-refractivity contribution in [2.75, 3.05) is 13.6 Å². The first-order chi connectivity index (χ1) is 8.19. The van der Waals surface area contributed by atoms with Gasteiger partial charge in [-0.15, -0.1) is 0 Å². The van der Waals surface area contributed by atoms with E-state index in [4.69, 9.17) is 0 Å². The van der Waals surface area contributed by atoms with Crippen molar-refractivity contribution in [1.29, 1.82) is 0 Å². The largest absolute Gasteiger partial charge is 0.374 e. The van der Waals surface area contributed by atoms with Crippen LogP contribution in [0.15, 0.2) is 17.3 Å². The summed E-state index contributed by atoms with van der Waals surface area (Å²) in [5.74, 6) is 1.89. The number of nitrogens with zero attached hydrogens (tertiary/aromatic N) is 3. The lowest BCUT2D eigenvalue weighted by Crippen LogP contribution is -2.23. The zero-order valence-corrected chi connectivity index (χ0v) is 10.4. The third kappa shape index (κ3) is 2.81. The fourth-order valence-electron chi connectivity index (χ4n) is 1.61. The molecule has 2 N–H and O–H groups in total. The Kier molecular flexibility index (Phi) is 3.37. The van der Waals surface area contributed by atoms with Crippen LogP contribution in [-0.4, -0.2) is 34.4 Å². The van der Waals surface area contributed by atoms with Crippen LogP contribution in [0.2, 0.25) is 0 Å². The van der Waals surface area contributed by atoms with E-state index in [1.165, 1.54) is 0 Å². The number of rotatable bonds is 3. The van der Waals surface area contributed by atoms with E-state index in [0.717, 1.165) is 41.4 Å². The number of pyridine rings is 1. The molecule has 0 aromatic carbocycles. The minimum Gasteiger partial charge on any atom is -0.374 e. The van der Waals surface area contributed by atoms with Gasteiger partial charge in [0.1, 0.15) is 5.82 Å². The number of imidazole rings is 1. The molecule has 0 saturated heterocycles. The monoisotopic (exact) mass is 231 g/mol. The highest BCUT2D eigenvalue weighted by molar-refractivity contribution is 5.79. The minimum absolute atomic E-state index is 0.784. The maximum absolute atomic E-state index is 4.43.